The lowest BCUT2D eigenvalue weighted by Gasteiger charge is -2.23. The first kappa shape index (κ1) is 15.3. The number of ether oxygens (including phenoxy) is 2. The van der Waals surface area contributed by atoms with Crippen molar-refractivity contribution < 1.29 is 9.47 Å². The van der Waals surface area contributed by atoms with Crippen molar-refractivity contribution >= 4 is 0 Å². The highest BCUT2D eigenvalue weighted by Crippen LogP contribution is 2.43. The molecule has 3 nitrogen and oxygen atoms in total. The number of hydrogen-bond acceptors (Lipinski definition) is 3. The van der Waals surface area contributed by atoms with E-state index in [1.807, 2.05) is 0 Å². The van der Waals surface area contributed by atoms with E-state index in [-0.39, 0.29) is 5.60 Å². The molecule has 0 bridgehead atoms. The second-order valence-electron chi connectivity index (χ2n) is 6.70. The molecule has 0 radical (unpaired) electrons. The second kappa shape index (κ2) is 7.61. The van der Waals surface area contributed by atoms with Crippen LogP contribution in [0.1, 0.15) is 58.8 Å². The molecule has 112 valence electrons. The Bertz CT molecular complexity index is 249. The van der Waals surface area contributed by atoms with E-state index in [2.05, 4.69) is 19.2 Å². The van der Waals surface area contributed by atoms with E-state index in [9.17, 15) is 0 Å². The molecule has 1 heterocycles. The van der Waals surface area contributed by atoms with E-state index >= 15 is 0 Å². The lowest BCUT2D eigenvalue weighted by atomic mass is 9.98. The molecule has 1 spiro atoms. The topological polar surface area (TPSA) is 30.5 Å². The Balaban J connectivity index is 1.46. The van der Waals surface area contributed by atoms with Crippen LogP contribution in [-0.4, -0.2) is 38.0 Å². The summed E-state index contributed by atoms with van der Waals surface area (Å²) in [5.74, 6) is 0.641. The van der Waals surface area contributed by atoms with Crippen LogP contribution in [0.5, 0.6) is 0 Å². The van der Waals surface area contributed by atoms with E-state index in [1.165, 1.54) is 38.5 Å². The van der Waals surface area contributed by atoms with Crippen LogP contribution in [0.3, 0.4) is 0 Å². The molecule has 0 aromatic rings. The van der Waals surface area contributed by atoms with Gasteiger partial charge >= 0.3 is 0 Å². The Hall–Kier alpha value is -0.120. The molecule has 19 heavy (non-hydrogen) atoms. The van der Waals surface area contributed by atoms with Gasteiger partial charge < -0.3 is 14.8 Å². The number of hydrogen-bond donors (Lipinski definition) is 1. The summed E-state index contributed by atoms with van der Waals surface area (Å²) in [6.45, 7) is 8.20. The molecule has 2 fully saturated rings. The predicted octanol–water partition coefficient (Wildman–Crippen LogP) is 3.13. The molecule has 2 rings (SSSR count). The summed E-state index contributed by atoms with van der Waals surface area (Å²) in [4.78, 5) is 0. The minimum atomic E-state index is 0.284. The van der Waals surface area contributed by atoms with Gasteiger partial charge in [0, 0.05) is 19.8 Å². The maximum absolute atomic E-state index is 6.28. The van der Waals surface area contributed by atoms with Gasteiger partial charge in [-0.25, -0.2) is 0 Å². The highest BCUT2D eigenvalue weighted by atomic mass is 16.5. The van der Waals surface area contributed by atoms with Crippen molar-refractivity contribution in [2.75, 3.05) is 26.3 Å². The Labute approximate surface area is 118 Å². The SMILES string of the molecule is CC(C)COCCCNCC1CCC2(CCCC2)O1. The summed E-state index contributed by atoms with van der Waals surface area (Å²) in [5.41, 5.74) is 0.284. The molecule has 2 aliphatic rings. The smallest absolute Gasteiger partial charge is 0.0708 e. The molecule has 0 amide bonds. The first-order chi connectivity index (χ1) is 9.20. The highest BCUT2D eigenvalue weighted by molar-refractivity contribution is 4.93. The molecule has 0 aromatic heterocycles. The number of rotatable bonds is 8. The maximum Gasteiger partial charge on any atom is 0.0708 e. The monoisotopic (exact) mass is 269 g/mol. The van der Waals surface area contributed by atoms with E-state index in [4.69, 9.17) is 9.47 Å². The number of nitrogens with one attached hydrogen (secondary N) is 1. The van der Waals surface area contributed by atoms with Gasteiger partial charge in [0.2, 0.25) is 0 Å². The third-order valence-electron chi connectivity index (χ3n) is 4.32. The van der Waals surface area contributed by atoms with Crippen LogP contribution in [0.4, 0.5) is 0 Å². The van der Waals surface area contributed by atoms with Gasteiger partial charge in [0.15, 0.2) is 0 Å². The quantitative estimate of drug-likeness (QED) is 0.687. The normalized spacial score (nSPS) is 25.7. The molecule has 1 atom stereocenters. The fourth-order valence-corrected chi connectivity index (χ4v) is 3.31. The van der Waals surface area contributed by atoms with Crippen molar-refractivity contribution in [3.63, 3.8) is 0 Å². The standard InChI is InChI=1S/C16H31NO2/c1-14(2)13-18-11-5-10-17-12-15-6-9-16(19-15)7-3-4-8-16/h14-15,17H,3-13H2,1-2H3. The van der Waals surface area contributed by atoms with Crippen molar-refractivity contribution in [1.29, 1.82) is 0 Å². The largest absolute Gasteiger partial charge is 0.381 e. The average Bonchev–Trinajstić information content (AvgIpc) is 2.99. The van der Waals surface area contributed by atoms with Gasteiger partial charge in [-0.3, -0.25) is 0 Å². The summed E-state index contributed by atoms with van der Waals surface area (Å²) in [6, 6.07) is 0. The molecule has 1 aliphatic carbocycles. The van der Waals surface area contributed by atoms with Crippen molar-refractivity contribution in [2.45, 2.75) is 70.5 Å². The Morgan fingerprint density at radius 1 is 1.26 bits per heavy atom. The zero-order chi connectivity index (χ0) is 13.6. The zero-order valence-corrected chi connectivity index (χ0v) is 12.7. The zero-order valence-electron chi connectivity index (χ0n) is 12.7. The Morgan fingerprint density at radius 3 is 2.79 bits per heavy atom. The second-order valence-corrected chi connectivity index (χ2v) is 6.70. The molecule has 1 unspecified atom stereocenters. The summed E-state index contributed by atoms with van der Waals surface area (Å²) in [6.07, 6.45) is 9.42. The minimum Gasteiger partial charge on any atom is -0.381 e. The van der Waals surface area contributed by atoms with Crippen molar-refractivity contribution in [2.24, 2.45) is 5.92 Å². The molecule has 1 saturated heterocycles. The van der Waals surface area contributed by atoms with Crippen LogP contribution in [-0.2, 0) is 9.47 Å². The Kier molecular flexibility index (Phi) is 6.11. The fraction of sp³-hybridized carbons (Fsp3) is 1.00. The molecule has 3 heteroatoms. The summed E-state index contributed by atoms with van der Waals surface area (Å²) in [7, 11) is 0. The van der Waals surface area contributed by atoms with Crippen molar-refractivity contribution in [3.8, 4) is 0 Å². The predicted molar refractivity (Wildman–Crippen MR) is 78.4 cm³/mol. The summed E-state index contributed by atoms with van der Waals surface area (Å²) in [5, 5.41) is 3.52. The van der Waals surface area contributed by atoms with Crippen LogP contribution < -0.4 is 5.32 Å². The van der Waals surface area contributed by atoms with Gasteiger partial charge in [-0.2, -0.15) is 0 Å². The molecule has 1 saturated carbocycles. The van der Waals surface area contributed by atoms with Gasteiger partial charge in [0.05, 0.1) is 11.7 Å². The van der Waals surface area contributed by atoms with Crippen LogP contribution in [0.25, 0.3) is 0 Å². The lowest BCUT2D eigenvalue weighted by Crippen LogP contribution is -2.31. The first-order valence-electron chi connectivity index (χ1n) is 8.16. The van der Waals surface area contributed by atoms with Gasteiger partial charge in [-0.05, 0) is 44.6 Å². The summed E-state index contributed by atoms with van der Waals surface area (Å²) < 4.78 is 11.8. The average molecular weight is 269 g/mol. The third-order valence-corrected chi connectivity index (χ3v) is 4.32. The van der Waals surface area contributed by atoms with Gasteiger partial charge in [0.1, 0.15) is 0 Å². The van der Waals surface area contributed by atoms with Gasteiger partial charge in [-0.1, -0.05) is 26.7 Å². The van der Waals surface area contributed by atoms with E-state index in [0.717, 1.165) is 32.7 Å². The van der Waals surface area contributed by atoms with E-state index < -0.39 is 0 Å². The maximum atomic E-state index is 6.28. The van der Waals surface area contributed by atoms with Crippen molar-refractivity contribution in [1.82, 2.24) is 5.32 Å². The molecular formula is C16H31NO2. The van der Waals surface area contributed by atoms with E-state index in [0.29, 0.717) is 12.0 Å². The van der Waals surface area contributed by atoms with Crippen LogP contribution in [0, 0.1) is 5.92 Å². The van der Waals surface area contributed by atoms with Gasteiger partial charge in [0.25, 0.3) is 0 Å². The van der Waals surface area contributed by atoms with Crippen LogP contribution in [0.2, 0.25) is 0 Å². The highest BCUT2D eigenvalue weighted by Gasteiger charge is 2.41. The van der Waals surface area contributed by atoms with Crippen LogP contribution >= 0.6 is 0 Å². The molecule has 1 N–H and O–H groups in total. The summed E-state index contributed by atoms with van der Waals surface area (Å²) >= 11 is 0. The molecular weight excluding hydrogens is 238 g/mol. The lowest BCUT2D eigenvalue weighted by molar-refractivity contribution is -0.0351. The van der Waals surface area contributed by atoms with Crippen LogP contribution in [0.15, 0.2) is 0 Å². The first-order valence-corrected chi connectivity index (χ1v) is 8.16. The Morgan fingerprint density at radius 2 is 2.05 bits per heavy atom. The molecule has 1 aliphatic heterocycles. The minimum absolute atomic E-state index is 0.284. The van der Waals surface area contributed by atoms with Crippen molar-refractivity contribution in [3.05, 3.63) is 0 Å². The van der Waals surface area contributed by atoms with E-state index in [1.54, 1.807) is 0 Å². The molecule has 0 aromatic carbocycles. The van der Waals surface area contributed by atoms with Gasteiger partial charge in [-0.15, -0.1) is 0 Å². The fourth-order valence-electron chi connectivity index (χ4n) is 3.31. The third kappa shape index (κ3) is 5.05.